The molecule has 2 aromatic rings. The van der Waals surface area contributed by atoms with Gasteiger partial charge < -0.3 is 9.40 Å². The first-order valence-electron chi connectivity index (χ1n) is 4.92. The fourth-order valence-electron chi connectivity index (χ4n) is 1.41. The third-order valence-corrected chi connectivity index (χ3v) is 3.62. The first kappa shape index (κ1) is 11.5. The lowest BCUT2D eigenvalue weighted by Gasteiger charge is -2.10. The van der Waals surface area contributed by atoms with Crippen LogP contribution >= 0.6 is 28.1 Å². The predicted octanol–water partition coefficient (Wildman–Crippen LogP) is 4.29. The molecule has 3 nitrogen and oxygen atoms in total. The minimum atomic E-state index is 0.352. The largest absolute Gasteiger partial charge is 0.472 e. The van der Waals surface area contributed by atoms with Gasteiger partial charge in [-0.1, -0.05) is 26.1 Å². The molecule has 0 unspecified atom stereocenters. The number of furan rings is 1. The van der Waals surface area contributed by atoms with Gasteiger partial charge in [-0.05, 0) is 27.9 Å². The lowest BCUT2D eigenvalue weighted by atomic mass is 10.1. The van der Waals surface area contributed by atoms with Gasteiger partial charge in [-0.3, -0.25) is 0 Å². The van der Waals surface area contributed by atoms with Crippen LogP contribution in [0.3, 0.4) is 0 Å². The average molecular weight is 299 g/mol. The maximum Gasteiger partial charge on any atom is 0.144 e. The number of hydrogen-bond acceptors (Lipinski definition) is 3. The van der Waals surface area contributed by atoms with Crippen molar-refractivity contribution >= 4 is 28.1 Å². The smallest absolute Gasteiger partial charge is 0.144 e. The molecule has 84 valence electrons. The zero-order chi connectivity index (χ0) is 11.7. The highest BCUT2D eigenvalue weighted by atomic mass is 79.9. The number of aromatic nitrogens is 2. The SMILES string of the molecule is CC(C)c1[nH]c(-c2ccoc2)nc(=S)c1Br. The molecule has 0 aliphatic rings. The maximum atomic E-state index is 5.21. The molecule has 0 saturated heterocycles. The summed E-state index contributed by atoms with van der Waals surface area (Å²) in [6, 6.07) is 1.85. The van der Waals surface area contributed by atoms with Crippen LogP contribution < -0.4 is 0 Å². The first-order valence-corrected chi connectivity index (χ1v) is 6.12. The number of H-pyrrole nitrogens is 1. The second-order valence-corrected chi connectivity index (χ2v) is 4.96. The summed E-state index contributed by atoms with van der Waals surface area (Å²) >= 11 is 8.67. The Morgan fingerprint density at radius 3 is 2.81 bits per heavy atom. The molecule has 1 N–H and O–H groups in total. The van der Waals surface area contributed by atoms with Gasteiger partial charge in [0.1, 0.15) is 16.7 Å². The van der Waals surface area contributed by atoms with Gasteiger partial charge in [-0.2, -0.15) is 0 Å². The normalized spacial score (nSPS) is 11.0. The predicted molar refractivity (Wildman–Crippen MR) is 68.9 cm³/mol. The molecule has 5 heteroatoms. The van der Waals surface area contributed by atoms with Gasteiger partial charge in [0.15, 0.2) is 0 Å². The van der Waals surface area contributed by atoms with Crippen molar-refractivity contribution in [1.82, 2.24) is 9.97 Å². The number of hydrogen-bond donors (Lipinski definition) is 1. The standard InChI is InChI=1S/C11H11BrN2OS/c1-6(2)9-8(12)11(16)14-10(13-9)7-3-4-15-5-7/h3-6H,1-2H3,(H,13,14,16). The summed E-state index contributed by atoms with van der Waals surface area (Å²) < 4.78 is 6.47. The van der Waals surface area contributed by atoms with Crippen molar-refractivity contribution < 1.29 is 4.42 Å². The molecule has 16 heavy (non-hydrogen) atoms. The molecule has 0 atom stereocenters. The molecule has 0 spiro atoms. The lowest BCUT2D eigenvalue weighted by molar-refractivity contribution is 0.568. The van der Waals surface area contributed by atoms with Gasteiger partial charge in [-0.15, -0.1) is 0 Å². The van der Waals surface area contributed by atoms with E-state index in [0.717, 1.165) is 21.6 Å². The average Bonchev–Trinajstić information content (AvgIpc) is 2.74. The van der Waals surface area contributed by atoms with Crippen molar-refractivity contribution in [1.29, 1.82) is 0 Å². The van der Waals surface area contributed by atoms with Crippen LogP contribution in [0.15, 0.2) is 27.5 Å². The molecular weight excluding hydrogens is 288 g/mol. The fourth-order valence-corrected chi connectivity index (χ4v) is 2.26. The van der Waals surface area contributed by atoms with Gasteiger partial charge in [0, 0.05) is 5.69 Å². The highest BCUT2D eigenvalue weighted by Crippen LogP contribution is 2.26. The van der Waals surface area contributed by atoms with Crippen molar-refractivity contribution in [3.63, 3.8) is 0 Å². The molecule has 0 amide bonds. The van der Waals surface area contributed by atoms with Crippen LogP contribution in [-0.2, 0) is 0 Å². The number of nitrogens with zero attached hydrogens (tertiary/aromatic N) is 1. The molecule has 2 heterocycles. The van der Waals surface area contributed by atoms with Crippen LogP contribution in [0.5, 0.6) is 0 Å². The Balaban J connectivity index is 2.62. The van der Waals surface area contributed by atoms with Crippen molar-refractivity contribution in [3.05, 3.63) is 33.4 Å². The Morgan fingerprint density at radius 1 is 1.50 bits per heavy atom. The van der Waals surface area contributed by atoms with E-state index in [-0.39, 0.29) is 0 Å². The van der Waals surface area contributed by atoms with E-state index in [1.807, 2.05) is 6.07 Å². The van der Waals surface area contributed by atoms with Crippen LogP contribution in [0.1, 0.15) is 25.5 Å². The van der Waals surface area contributed by atoms with Gasteiger partial charge in [0.2, 0.25) is 0 Å². The molecule has 0 aliphatic heterocycles. The van der Waals surface area contributed by atoms with E-state index < -0.39 is 0 Å². The Morgan fingerprint density at radius 2 is 2.25 bits per heavy atom. The summed E-state index contributed by atoms with van der Waals surface area (Å²) in [4.78, 5) is 7.58. The van der Waals surface area contributed by atoms with Crippen molar-refractivity contribution in [3.8, 4) is 11.4 Å². The Kier molecular flexibility index (Phi) is 3.25. The van der Waals surface area contributed by atoms with Crippen molar-refractivity contribution in [2.75, 3.05) is 0 Å². The van der Waals surface area contributed by atoms with Crippen LogP contribution in [0.4, 0.5) is 0 Å². The lowest BCUT2D eigenvalue weighted by Crippen LogP contribution is -1.99. The fraction of sp³-hybridized carbons (Fsp3) is 0.273. The Labute approximate surface area is 107 Å². The maximum absolute atomic E-state index is 5.21. The number of nitrogens with one attached hydrogen (secondary N) is 1. The summed E-state index contributed by atoms with van der Waals surface area (Å²) in [6.07, 6.45) is 3.26. The second-order valence-electron chi connectivity index (χ2n) is 3.78. The minimum absolute atomic E-state index is 0.352. The Hall–Kier alpha value is -0.940. The van der Waals surface area contributed by atoms with E-state index in [1.165, 1.54) is 0 Å². The molecular formula is C11H11BrN2OS. The second kappa shape index (κ2) is 4.51. The molecule has 0 fully saturated rings. The number of rotatable bonds is 2. The molecule has 0 aromatic carbocycles. The van der Waals surface area contributed by atoms with E-state index in [1.54, 1.807) is 12.5 Å². The van der Waals surface area contributed by atoms with Gasteiger partial charge in [0.05, 0.1) is 16.3 Å². The van der Waals surface area contributed by atoms with E-state index in [4.69, 9.17) is 16.6 Å². The molecule has 0 radical (unpaired) electrons. The van der Waals surface area contributed by atoms with E-state index in [0.29, 0.717) is 10.6 Å². The van der Waals surface area contributed by atoms with Crippen LogP contribution in [-0.4, -0.2) is 9.97 Å². The minimum Gasteiger partial charge on any atom is -0.472 e. The summed E-state index contributed by atoms with van der Waals surface area (Å²) in [5.74, 6) is 1.09. The van der Waals surface area contributed by atoms with Crippen molar-refractivity contribution in [2.24, 2.45) is 0 Å². The summed E-state index contributed by atoms with van der Waals surface area (Å²) in [5, 5.41) is 0. The van der Waals surface area contributed by atoms with Crippen LogP contribution in [0, 0.1) is 4.64 Å². The topological polar surface area (TPSA) is 41.8 Å². The van der Waals surface area contributed by atoms with Crippen molar-refractivity contribution in [2.45, 2.75) is 19.8 Å². The highest BCUT2D eigenvalue weighted by Gasteiger charge is 2.11. The number of halogens is 1. The van der Waals surface area contributed by atoms with Crippen LogP contribution in [0.25, 0.3) is 11.4 Å². The molecule has 0 saturated carbocycles. The molecule has 0 bridgehead atoms. The van der Waals surface area contributed by atoms with E-state index in [9.17, 15) is 0 Å². The van der Waals surface area contributed by atoms with Crippen LogP contribution in [0.2, 0.25) is 0 Å². The third-order valence-electron chi connectivity index (χ3n) is 2.26. The van der Waals surface area contributed by atoms with Gasteiger partial charge in [-0.25, -0.2) is 4.98 Å². The van der Waals surface area contributed by atoms with E-state index in [2.05, 4.69) is 39.7 Å². The van der Waals surface area contributed by atoms with Gasteiger partial charge in [0.25, 0.3) is 0 Å². The highest BCUT2D eigenvalue weighted by molar-refractivity contribution is 9.10. The summed E-state index contributed by atoms with van der Waals surface area (Å²) in [6.45, 7) is 4.20. The first-order chi connectivity index (χ1) is 7.59. The summed E-state index contributed by atoms with van der Waals surface area (Å²) in [7, 11) is 0. The quantitative estimate of drug-likeness (QED) is 0.841. The summed E-state index contributed by atoms with van der Waals surface area (Å²) in [5.41, 5.74) is 1.96. The van der Waals surface area contributed by atoms with E-state index >= 15 is 0 Å². The number of aromatic amines is 1. The molecule has 0 aliphatic carbocycles. The zero-order valence-electron chi connectivity index (χ0n) is 8.95. The third kappa shape index (κ3) is 2.10. The monoisotopic (exact) mass is 298 g/mol. The molecule has 2 rings (SSSR count). The molecule has 2 aromatic heterocycles. The van der Waals surface area contributed by atoms with Gasteiger partial charge >= 0.3 is 0 Å². The Bertz CT molecular complexity index is 546. The zero-order valence-corrected chi connectivity index (χ0v) is 11.4.